The van der Waals surface area contributed by atoms with E-state index in [0.717, 1.165) is 44.3 Å². The first-order valence-electron chi connectivity index (χ1n) is 14.7. The number of ketones is 1. The first-order valence-corrected chi connectivity index (χ1v) is 14.7. The minimum Gasteiger partial charge on any atom is -0.489 e. The van der Waals surface area contributed by atoms with Crippen molar-refractivity contribution in [3.05, 3.63) is 34.6 Å². The third-order valence-electron chi connectivity index (χ3n) is 11.9. The number of carbonyl (C=O) groups is 3. The lowest BCUT2D eigenvalue weighted by Crippen LogP contribution is -2.53. The zero-order valence-electron chi connectivity index (χ0n) is 25.2. The molecule has 8 atom stereocenters. The van der Waals surface area contributed by atoms with Crippen molar-refractivity contribution in [2.45, 2.75) is 106 Å². The molecule has 214 valence electrons. The highest BCUT2D eigenvalue weighted by Gasteiger charge is 2.71. The predicted molar refractivity (Wildman–Crippen MR) is 148 cm³/mol. The largest absolute Gasteiger partial charge is 0.489 e. The van der Waals surface area contributed by atoms with Gasteiger partial charge in [0.2, 0.25) is 0 Å². The first-order chi connectivity index (χ1) is 18.1. The van der Waals surface area contributed by atoms with Crippen molar-refractivity contribution in [1.29, 1.82) is 0 Å². The SMILES string of the molecule is COC(=O)/C(C)=C\CC[C@@H](C)[C@H]1[C@@H](OC(C)=O)C[C@@]2(C)C3=C4[C@@H](C[C@]12C)OC1=CC(=O)C(C)(C)[C@H](CC3)[C@]14C. The highest BCUT2D eigenvalue weighted by molar-refractivity contribution is 5.97. The van der Waals surface area contributed by atoms with Crippen LogP contribution in [0.15, 0.2) is 34.6 Å². The molecule has 0 aromatic carbocycles. The molecule has 0 N–H and O–H groups in total. The van der Waals surface area contributed by atoms with E-state index in [1.165, 1.54) is 25.2 Å². The van der Waals surface area contributed by atoms with Crippen molar-refractivity contribution in [2.75, 3.05) is 7.11 Å². The third kappa shape index (κ3) is 3.75. The van der Waals surface area contributed by atoms with Crippen molar-refractivity contribution in [3.8, 4) is 0 Å². The fourth-order valence-corrected chi connectivity index (χ4v) is 9.91. The molecule has 5 rings (SSSR count). The number of hydrogen-bond acceptors (Lipinski definition) is 6. The maximum atomic E-state index is 13.2. The average Bonchev–Trinajstić information content (AvgIpc) is 3.24. The van der Waals surface area contributed by atoms with Gasteiger partial charge in [-0.1, -0.05) is 46.3 Å². The van der Waals surface area contributed by atoms with Crippen LogP contribution in [0, 0.1) is 39.4 Å². The van der Waals surface area contributed by atoms with Gasteiger partial charge in [0, 0.05) is 29.9 Å². The Labute approximate surface area is 233 Å². The van der Waals surface area contributed by atoms with Gasteiger partial charge >= 0.3 is 11.9 Å². The van der Waals surface area contributed by atoms with Crippen LogP contribution >= 0.6 is 0 Å². The lowest BCUT2D eigenvalue weighted by Gasteiger charge is -2.57. The second-order valence-corrected chi connectivity index (χ2v) is 14.2. The number of fused-ring (bicyclic) bond motifs is 2. The fraction of sp³-hybridized carbons (Fsp3) is 0.727. The van der Waals surface area contributed by atoms with Crippen LogP contribution < -0.4 is 0 Å². The monoisotopic (exact) mass is 538 g/mol. The number of esters is 2. The van der Waals surface area contributed by atoms with Crippen molar-refractivity contribution < 1.29 is 28.6 Å². The maximum absolute atomic E-state index is 13.2. The van der Waals surface area contributed by atoms with Gasteiger partial charge in [0.15, 0.2) is 5.78 Å². The Kier molecular flexibility index (Phi) is 6.55. The summed E-state index contributed by atoms with van der Waals surface area (Å²) in [4.78, 5) is 37.4. The summed E-state index contributed by atoms with van der Waals surface area (Å²) in [5, 5.41) is 0. The van der Waals surface area contributed by atoms with Crippen LogP contribution in [0.1, 0.15) is 93.9 Å². The van der Waals surface area contributed by atoms with E-state index in [-0.39, 0.29) is 63.9 Å². The Morgan fingerprint density at radius 3 is 2.49 bits per heavy atom. The van der Waals surface area contributed by atoms with Crippen molar-refractivity contribution >= 4 is 17.7 Å². The first kappa shape index (κ1) is 28.2. The second-order valence-electron chi connectivity index (χ2n) is 14.2. The molecule has 6 heteroatoms. The summed E-state index contributed by atoms with van der Waals surface area (Å²) < 4.78 is 17.7. The Bertz CT molecular complexity index is 1200. The van der Waals surface area contributed by atoms with E-state index in [0.29, 0.717) is 5.57 Å². The molecule has 1 saturated heterocycles. The van der Waals surface area contributed by atoms with Crippen LogP contribution in [0.5, 0.6) is 0 Å². The summed E-state index contributed by atoms with van der Waals surface area (Å²) in [5.74, 6) is 1.15. The molecule has 0 aromatic rings. The van der Waals surface area contributed by atoms with Gasteiger partial charge in [-0.3, -0.25) is 9.59 Å². The molecule has 0 spiro atoms. The van der Waals surface area contributed by atoms with Gasteiger partial charge in [0.25, 0.3) is 0 Å². The molecule has 6 nitrogen and oxygen atoms in total. The molecule has 0 aromatic heterocycles. The molecular weight excluding hydrogens is 492 g/mol. The number of hydrogen-bond donors (Lipinski definition) is 0. The zero-order chi connectivity index (χ0) is 28.7. The summed E-state index contributed by atoms with van der Waals surface area (Å²) in [7, 11) is 1.40. The van der Waals surface area contributed by atoms with Crippen LogP contribution in [0.25, 0.3) is 0 Å². The van der Waals surface area contributed by atoms with Crippen molar-refractivity contribution in [1.82, 2.24) is 0 Å². The van der Waals surface area contributed by atoms with Crippen LogP contribution in [0.4, 0.5) is 0 Å². The van der Waals surface area contributed by atoms with Crippen LogP contribution in [0.2, 0.25) is 0 Å². The highest BCUT2D eigenvalue weighted by atomic mass is 16.5. The lowest BCUT2D eigenvalue weighted by molar-refractivity contribution is -0.150. The molecule has 0 amide bonds. The van der Waals surface area contributed by atoms with Gasteiger partial charge in [-0.05, 0) is 80.6 Å². The normalized spacial score (nSPS) is 40.8. The van der Waals surface area contributed by atoms with Gasteiger partial charge in [0.1, 0.15) is 18.0 Å². The minimum absolute atomic E-state index is 0.0499. The smallest absolute Gasteiger partial charge is 0.333 e. The summed E-state index contributed by atoms with van der Waals surface area (Å²) in [6, 6.07) is 0. The van der Waals surface area contributed by atoms with E-state index in [1.54, 1.807) is 13.0 Å². The zero-order valence-corrected chi connectivity index (χ0v) is 25.2. The van der Waals surface area contributed by atoms with E-state index in [9.17, 15) is 14.4 Å². The summed E-state index contributed by atoms with van der Waals surface area (Å²) in [5.41, 5.74) is 2.57. The number of rotatable bonds is 6. The van der Waals surface area contributed by atoms with E-state index in [1.807, 2.05) is 6.08 Å². The van der Waals surface area contributed by atoms with Crippen molar-refractivity contribution in [3.63, 3.8) is 0 Å². The van der Waals surface area contributed by atoms with E-state index >= 15 is 0 Å². The molecule has 0 radical (unpaired) electrons. The molecule has 2 fully saturated rings. The van der Waals surface area contributed by atoms with Crippen molar-refractivity contribution in [2.24, 2.45) is 39.4 Å². The number of allylic oxidation sites excluding steroid dienone is 4. The van der Waals surface area contributed by atoms with Crippen LogP contribution in [0.3, 0.4) is 0 Å². The van der Waals surface area contributed by atoms with Crippen LogP contribution in [-0.4, -0.2) is 37.0 Å². The number of ether oxygens (including phenoxy) is 3. The molecule has 0 bridgehead atoms. The van der Waals surface area contributed by atoms with Crippen LogP contribution in [-0.2, 0) is 28.6 Å². The van der Waals surface area contributed by atoms with Gasteiger partial charge < -0.3 is 14.2 Å². The third-order valence-corrected chi connectivity index (χ3v) is 11.9. The Morgan fingerprint density at radius 1 is 1.15 bits per heavy atom. The quantitative estimate of drug-likeness (QED) is 0.218. The molecule has 1 aliphatic heterocycles. The van der Waals surface area contributed by atoms with Gasteiger partial charge in [-0.25, -0.2) is 4.79 Å². The van der Waals surface area contributed by atoms with Gasteiger partial charge in [-0.15, -0.1) is 0 Å². The number of carbonyl (C=O) groups excluding carboxylic acids is 3. The minimum atomic E-state index is -0.417. The molecular formula is C33H46O6. The highest BCUT2D eigenvalue weighted by Crippen LogP contribution is 2.75. The van der Waals surface area contributed by atoms with E-state index in [2.05, 4.69) is 41.5 Å². The molecule has 1 saturated carbocycles. The fourth-order valence-electron chi connectivity index (χ4n) is 9.91. The Hall–Kier alpha value is -2.37. The van der Waals surface area contributed by atoms with E-state index in [4.69, 9.17) is 14.2 Å². The Morgan fingerprint density at radius 2 is 1.85 bits per heavy atom. The van der Waals surface area contributed by atoms with Gasteiger partial charge in [-0.2, -0.15) is 0 Å². The number of methoxy groups -OCH3 is 1. The second kappa shape index (κ2) is 9.07. The van der Waals surface area contributed by atoms with E-state index < -0.39 is 5.41 Å². The molecule has 0 unspecified atom stereocenters. The molecule has 5 aliphatic rings. The average molecular weight is 539 g/mol. The molecule has 4 aliphatic carbocycles. The molecule has 1 heterocycles. The topological polar surface area (TPSA) is 78.9 Å². The summed E-state index contributed by atoms with van der Waals surface area (Å²) in [6.45, 7) is 16.9. The summed E-state index contributed by atoms with van der Waals surface area (Å²) >= 11 is 0. The maximum Gasteiger partial charge on any atom is 0.333 e. The lowest BCUT2D eigenvalue weighted by atomic mass is 9.44. The Balaban J connectivity index is 1.55. The predicted octanol–water partition coefficient (Wildman–Crippen LogP) is 6.49. The summed E-state index contributed by atoms with van der Waals surface area (Å²) in [6.07, 6.45) is 8.75. The molecule has 39 heavy (non-hydrogen) atoms. The standard InChI is InChI=1S/C33H46O6/c1-18(11-10-12-19(2)29(36)37-9)27-22(38-20(3)34)16-31(6)21-13-14-24-30(4,5)25(35)15-26-33(24,8)28(21)23(39-26)17-32(27,31)7/h12,15,18,22-24,27H,10-11,13-14,16-17H2,1-9H3/b19-12-/t18-,22+,23-,24+,27+,31+,32-,33-/m1/s1. The van der Waals surface area contributed by atoms with Gasteiger partial charge in [0.05, 0.1) is 12.5 Å².